The van der Waals surface area contributed by atoms with Crippen molar-refractivity contribution in [1.82, 2.24) is 0 Å². The van der Waals surface area contributed by atoms with Crippen LogP contribution in [0.15, 0.2) is 97.1 Å². The summed E-state index contributed by atoms with van der Waals surface area (Å²) < 4.78 is 35.7. The Kier molecular flexibility index (Phi) is 12.5. The minimum atomic E-state index is -0.938. The first kappa shape index (κ1) is 31.8. The lowest BCUT2D eigenvalue weighted by Gasteiger charge is -2.31. The van der Waals surface area contributed by atoms with Crippen LogP contribution in [0.25, 0.3) is 0 Å². The Labute approximate surface area is 252 Å². The van der Waals surface area contributed by atoms with E-state index in [1.165, 1.54) is 0 Å². The standard InChI is InChI=1S/C34H40O6P2/c1-6-39-25-40-26(23-41(31-19-11-7-15-27(31)35-2)32-20-12-8-16-28(32)36-3)24-42(33-21-13-9-17-29(33)37-4)34-22-14-10-18-30(34)38-5/h7-22,26H,6,23-25H2,1-5H3. The van der Waals surface area contributed by atoms with Crippen molar-refractivity contribution in [2.24, 2.45) is 0 Å². The molecular formula is C34H40O6P2. The third-order valence-corrected chi connectivity index (χ3v) is 12.2. The molecule has 0 aromatic heterocycles. The van der Waals surface area contributed by atoms with Crippen LogP contribution in [-0.2, 0) is 9.47 Å². The summed E-state index contributed by atoms with van der Waals surface area (Å²) in [6.07, 6.45) is 1.33. The van der Waals surface area contributed by atoms with E-state index in [9.17, 15) is 0 Å². The number of ether oxygens (including phenoxy) is 6. The molecule has 0 atom stereocenters. The largest absolute Gasteiger partial charge is 0.496 e. The fourth-order valence-corrected chi connectivity index (χ4v) is 10.4. The smallest absolute Gasteiger partial charge is 0.147 e. The highest BCUT2D eigenvalue weighted by atomic mass is 31.1. The molecule has 6 nitrogen and oxygen atoms in total. The van der Waals surface area contributed by atoms with Gasteiger partial charge in [0.05, 0.1) is 34.5 Å². The third kappa shape index (κ3) is 7.82. The van der Waals surface area contributed by atoms with E-state index < -0.39 is 15.8 Å². The zero-order chi connectivity index (χ0) is 29.7. The Morgan fingerprint density at radius 1 is 0.500 bits per heavy atom. The summed E-state index contributed by atoms with van der Waals surface area (Å²) in [5.41, 5.74) is 0. The second-order valence-corrected chi connectivity index (χ2v) is 13.7. The minimum Gasteiger partial charge on any atom is -0.496 e. The summed E-state index contributed by atoms with van der Waals surface area (Å²) in [7, 11) is 5.01. The van der Waals surface area contributed by atoms with Gasteiger partial charge in [-0.3, -0.25) is 0 Å². The molecule has 0 saturated carbocycles. The first-order valence-electron chi connectivity index (χ1n) is 13.9. The molecule has 0 fully saturated rings. The second-order valence-electron chi connectivity index (χ2n) is 9.31. The van der Waals surface area contributed by atoms with Crippen molar-refractivity contribution < 1.29 is 28.4 Å². The van der Waals surface area contributed by atoms with Crippen LogP contribution in [0, 0.1) is 0 Å². The van der Waals surface area contributed by atoms with Crippen LogP contribution in [0.1, 0.15) is 6.92 Å². The van der Waals surface area contributed by atoms with Gasteiger partial charge in [-0.1, -0.05) is 72.8 Å². The Morgan fingerprint density at radius 3 is 1.10 bits per heavy atom. The van der Waals surface area contributed by atoms with Crippen molar-refractivity contribution in [3.8, 4) is 23.0 Å². The third-order valence-electron chi connectivity index (χ3n) is 6.87. The highest BCUT2D eigenvalue weighted by Crippen LogP contribution is 2.46. The molecule has 0 unspecified atom stereocenters. The van der Waals surface area contributed by atoms with Gasteiger partial charge in [0.2, 0.25) is 0 Å². The molecule has 8 heteroatoms. The number of rotatable bonds is 16. The van der Waals surface area contributed by atoms with Crippen LogP contribution in [0.3, 0.4) is 0 Å². The summed E-state index contributed by atoms with van der Waals surface area (Å²) in [5, 5.41) is 4.57. The molecule has 4 rings (SSSR count). The van der Waals surface area contributed by atoms with Crippen LogP contribution in [-0.4, -0.2) is 60.3 Å². The summed E-state index contributed by atoms with van der Waals surface area (Å²) in [5.74, 6) is 3.43. The summed E-state index contributed by atoms with van der Waals surface area (Å²) >= 11 is 0. The molecule has 0 aliphatic carbocycles. The zero-order valence-electron chi connectivity index (χ0n) is 25.0. The predicted molar refractivity (Wildman–Crippen MR) is 175 cm³/mol. The van der Waals surface area contributed by atoms with Crippen LogP contribution in [0.5, 0.6) is 23.0 Å². The summed E-state index contributed by atoms with van der Waals surface area (Å²) in [4.78, 5) is 0. The van der Waals surface area contributed by atoms with Gasteiger partial charge in [0.25, 0.3) is 0 Å². The lowest BCUT2D eigenvalue weighted by Crippen LogP contribution is -2.31. The lowest BCUT2D eigenvalue weighted by molar-refractivity contribution is -0.0721. The second kappa shape index (κ2) is 16.5. The normalized spacial score (nSPS) is 11.2. The van der Waals surface area contributed by atoms with Crippen molar-refractivity contribution in [1.29, 1.82) is 0 Å². The lowest BCUT2D eigenvalue weighted by atomic mass is 10.3. The minimum absolute atomic E-state index is 0.154. The van der Waals surface area contributed by atoms with Crippen LogP contribution < -0.4 is 40.2 Å². The van der Waals surface area contributed by atoms with Gasteiger partial charge in [0.15, 0.2) is 0 Å². The van der Waals surface area contributed by atoms with Crippen LogP contribution in [0.4, 0.5) is 0 Å². The highest BCUT2D eigenvalue weighted by Gasteiger charge is 2.30. The molecule has 4 aromatic rings. The van der Waals surface area contributed by atoms with Gasteiger partial charge in [0, 0.05) is 40.1 Å². The van der Waals surface area contributed by atoms with E-state index in [1.54, 1.807) is 28.4 Å². The molecule has 0 heterocycles. The Hall–Kier alpha value is -3.14. The van der Waals surface area contributed by atoms with Gasteiger partial charge < -0.3 is 28.4 Å². The molecule has 0 aliphatic heterocycles. The average Bonchev–Trinajstić information content (AvgIpc) is 3.05. The van der Waals surface area contributed by atoms with E-state index >= 15 is 0 Å². The van der Waals surface area contributed by atoms with Crippen molar-refractivity contribution in [2.45, 2.75) is 13.0 Å². The van der Waals surface area contributed by atoms with Gasteiger partial charge in [-0.25, -0.2) is 0 Å². The molecule has 0 saturated heterocycles. The fourth-order valence-electron chi connectivity index (χ4n) is 4.86. The number of hydrogen-bond acceptors (Lipinski definition) is 6. The number of para-hydroxylation sites is 4. The molecular weight excluding hydrogens is 566 g/mol. The molecule has 0 spiro atoms. The molecule has 0 aliphatic rings. The van der Waals surface area contributed by atoms with E-state index in [0.29, 0.717) is 6.61 Å². The Balaban J connectivity index is 1.82. The quantitative estimate of drug-likeness (QED) is 0.0932. The maximum Gasteiger partial charge on any atom is 0.147 e. The Bertz CT molecular complexity index is 1200. The van der Waals surface area contributed by atoms with E-state index in [1.807, 2.05) is 55.5 Å². The van der Waals surface area contributed by atoms with E-state index in [4.69, 9.17) is 28.4 Å². The maximum atomic E-state index is 6.57. The van der Waals surface area contributed by atoms with Gasteiger partial charge in [0.1, 0.15) is 29.8 Å². The van der Waals surface area contributed by atoms with Crippen molar-refractivity contribution >= 4 is 37.1 Å². The van der Waals surface area contributed by atoms with Crippen molar-refractivity contribution in [3.63, 3.8) is 0 Å². The zero-order valence-corrected chi connectivity index (χ0v) is 26.8. The SMILES string of the molecule is CCOCOC(CP(c1ccccc1OC)c1ccccc1OC)CP(c1ccccc1OC)c1ccccc1OC. The summed E-state index contributed by atoms with van der Waals surface area (Å²) in [6.45, 7) is 2.77. The van der Waals surface area contributed by atoms with Crippen LogP contribution in [0.2, 0.25) is 0 Å². The number of methoxy groups -OCH3 is 4. The van der Waals surface area contributed by atoms with Crippen molar-refractivity contribution in [3.05, 3.63) is 97.1 Å². The molecule has 0 amide bonds. The van der Waals surface area contributed by atoms with Gasteiger partial charge >= 0.3 is 0 Å². The van der Waals surface area contributed by atoms with Gasteiger partial charge in [-0.05, 0) is 47.0 Å². The molecule has 222 valence electrons. The van der Waals surface area contributed by atoms with Crippen LogP contribution >= 0.6 is 15.8 Å². The molecule has 0 N–H and O–H groups in total. The first-order chi connectivity index (χ1) is 20.6. The molecule has 4 aromatic carbocycles. The first-order valence-corrected chi connectivity index (χ1v) is 17.0. The molecule has 0 radical (unpaired) electrons. The van der Waals surface area contributed by atoms with E-state index in [-0.39, 0.29) is 12.9 Å². The number of benzene rings is 4. The average molecular weight is 607 g/mol. The van der Waals surface area contributed by atoms with Crippen molar-refractivity contribution in [2.75, 3.05) is 54.2 Å². The number of hydrogen-bond donors (Lipinski definition) is 0. The fraction of sp³-hybridized carbons (Fsp3) is 0.294. The molecule has 0 bridgehead atoms. The van der Waals surface area contributed by atoms with Gasteiger partial charge in [-0.2, -0.15) is 0 Å². The van der Waals surface area contributed by atoms with Gasteiger partial charge in [-0.15, -0.1) is 0 Å². The maximum absolute atomic E-state index is 6.57. The monoisotopic (exact) mass is 606 g/mol. The topological polar surface area (TPSA) is 55.4 Å². The van der Waals surface area contributed by atoms with E-state index in [2.05, 4.69) is 48.5 Å². The summed E-state index contributed by atoms with van der Waals surface area (Å²) in [6, 6.07) is 33.0. The van der Waals surface area contributed by atoms with E-state index in [0.717, 1.165) is 56.5 Å². The highest BCUT2D eigenvalue weighted by molar-refractivity contribution is 7.74. The Morgan fingerprint density at radius 2 is 0.810 bits per heavy atom. The predicted octanol–water partition coefficient (Wildman–Crippen LogP) is 5.67. The molecule has 42 heavy (non-hydrogen) atoms.